The SMILES string of the molecule is CCN1c2cc(O)c(OC(C)=O)cc2C(=O)C(C(N)=O)([C@H]2C(=O)[N+]3(C)C(C(=O)O)=CC(CSc4nncs4)S[C@@H]23)C1C(C(N)=O)c1ccc(O)cc1. The number of thioether (sulfide) groups is 2. The minimum absolute atomic E-state index is 0.0274. The number of likely N-dealkylation sites (N-methyl/N-ethyl adjacent to an activating group) is 2. The normalized spacial score (nSPS) is 27.1. The number of amides is 3. The molecule has 1 saturated heterocycles. The van der Waals surface area contributed by atoms with Gasteiger partial charge in [-0.05, 0) is 36.8 Å². The molecule has 3 aliphatic rings. The number of nitrogens with two attached hydrogens (primary N) is 2. The maximum Gasteiger partial charge on any atom is 0.390 e. The molecule has 1 aromatic heterocycles. The molecule has 0 aliphatic carbocycles. The Morgan fingerprint density at radius 2 is 1.83 bits per heavy atom. The second-order valence-corrected chi connectivity index (χ2v) is 16.0. The largest absolute Gasteiger partial charge is 0.508 e. The molecule has 3 aliphatic heterocycles. The van der Waals surface area contributed by atoms with Gasteiger partial charge in [0.05, 0.1) is 24.7 Å². The number of nitrogens with zero attached hydrogens (tertiary/aromatic N) is 4. The Labute approximate surface area is 308 Å². The number of Topliss-reactive ketones (excluding diaryl/α,β-unsaturated/α-hetero) is 1. The second kappa shape index (κ2) is 13.5. The van der Waals surface area contributed by atoms with Crippen molar-refractivity contribution >= 4 is 76.0 Å². The molecule has 0 radical (unpaired) electrons. The summed E-state index contributed by atoms with van der Waals surface area (Å²) in [6.07, 6.45) is 1.47. The number of phenolic OH excluding ortho intramolecular Hbond substituents is 2. The van der Waals surface area contributed by atoms with Crippen LogP contribution in [0.1, 0.15) is 35.7 Å². The highest BCUT2D eigenvalue weighted by Crippen LogP contribution is 2.62. The molecule has 5 unspecified atom stereocenters. The van der Waals surface area contributed by atoms with Gasteiger partial charge in [0.25, 0.3) is 0 Å². The van der Waals surface area contributed by atoms with E-state index in [9.17, 15) is 39.3 Å². The number of carbonyl (C=O) groups is 6. The van der Waals surface area contributed by atoms with Crippen LogP contribution >= 0.6 is 34.9 Å². The number of hydrogen-bond donors (Lipinski definition) is 5. The average molecular weight is 770 g/mol. The zero-order valence-corrected chi connectivity index (χ0v) is 30.2. The third-order valence-electron chi connectivity index (χ3n) is 9.78. The second-order valence-electron chi connectivity index (χ2n) is 12.5. The van der Waals surface area contributed by atoms with E-state index in [2.05, 4.69) is 10.2 Å². The number of esters is 1. The van der Waals surface area contributed by atoms with Crippen LogP contribution in [0.4, 0.5) is 5.69 Å². The van der Waals surface area contributed by atoms with Crippen molar-refractivity contribution in [2.24, 2.45) is 22.8 Å². The summed E-state index contributed by atoms with van der Waals surface area (Å²) >= 11 is 3.77. The number of benzene rings is 2. The zero-order chi connectivity index (χ0) is 37.9. The van der Waals surface area contributed by atoms with E-state index in [1.165, 1.54) is 77.1 Å². The average Bonchev–Trinajstić information content (AvgIpc) is 3.61. The van der Waals surface area contributed by atoms with Gasteiger partial charge in [0.1, 0.15) is 11.3 Å². The number of aliphatic carboxylic acids is 1. The maximum atomic E-state index is 15.3. The third kappa shape index (κ3) is 5.58. The van der Waals surface area contributed by atoms with E-state index in [1.807, 2.05) is 0 Å². The van der Waals surface area contributed by atoms with Crippen LogP contribution in [0.2, 0.25) is 0 Å². The highest BCUT2D eigenvalue weighted by atomic mass is 32.2. The summed E-state index contributed by atoms with van der Waals surface area (Å²) in [6, 6.07) is 5.95. The van der Waals surface area contributed by atoms with Crippen molar-refractivity contribution in [2.45, 2.75) is 40.8 Å². The van der Waals surface area contributed by atoms with E-state index in [0.29, 0.717) is 10.1 Å². The highest BCUT2D eigenvalue weighted by molar-refractivity contribution is 8.04. The molecule has 0 bridgehead atoms. The first kappa shape index (κ1) is 36.8. The van der Waals surface area contributed by atoms with Gasteiger partial charge in [-0.2, -0.15) is 0 Å². The molecule has 7 N–H and O–H groups in total. The Morgan fingerprint density at radius 3 is 2.38 bits per heavy atom. The van der Waals surface area contributed by atoms with E-state index < -0.39 is 85.3 Å². The van der Waals surface area contributed by atoms with Crippen LogP contribution in [0.15, 0.2) is 58.0 Å². The van der Waals surface area contributed by atoms with Gasteiger partial charge in [-0.1, -0.05) is 47.0 Å². The number of carboxylic acids is 1. The molecule has 16 nitrogen and oxygen atoms in total. The molecule has 2 aromatic carbocycles. The minimum atomic E-state index is -2.59. The molecule has 7 atom stereocenters. The summed E-state index contributed by atoms with van der Waals surface area (Å²) in [5, 5.41) is 37.5. The molecular formula is C33H33N6O10S3+. The molecule has 272 valence electrons. The summed E-state index contributed by atoms with van der Waals surface area (Å²) in [4.78, 5) is 84.2. The van der Waals surface area contributed by atoms with Gasteiger partial charge in [-0.25, -0.2) is 14.1 Å². The fourth-order valence-electron chi connectivity index (χ4n) is 7.61. The van der Waals surface area contributed by atoms with Crippen LogP contribution in [0.5, 0.6) is 17.2 Å². The number of ether oxygens (including phenoxy) is 1. The summed E-state index contributed by atoms with van der Waals surface area (Å²) in [5.74, 6) is -10.3. The van der Waals surface area contributed by atoms with E-state index in [1.54, 1.807) is 12.4 Å². The summed E-state index contributed by atoms with van der Waals surface area (Å²) in [7, 11) is 1.38. The number of primary amides is 2. The lowest BCUT2D eigenvalue weighted by atomic mass is 9.55. The van der Waals surface area contributed by atoms with Crippen molar-refractivity contribution in [3.8, 4) is 17.2 Å². The number of aromatic hydroxyl groups is 2. The monoisotopic (exact) mass is 769 g/mol. The third-order valence-corrected chi connectivity index (χ3v) is 13.6. The number of β-lactam (4-membered cyclic amide) rings is 1. The molecule has 52 heavy (non-hydrogen) atoms. The summed E-state index contributed by atoms with van der Waals surface area (Å²) < 4.78 is 4.99. The predicted molar refractivity (Wildman–Crippen MR) is 188 cm³/mol. The predicted octanol–water partition coefficient (Wildman–Crippen LogP) is 1.81. The Kier molecular flexibility index (Phi) is 9.58. The van der Waals surface area contributed by atoms with E-state index >= 15 is 4.79 Å². The van der Waals surface area contributed by atoms with Crippen molar-refractivity contribution in [1.82, 2.24) is 10.2 Å². The van der Waals surface area contributed by atoms with Crippen LogP contribution in [0.25, 0.3) is 0 Å². The quantitative estimate of drug-likeness (QED) is 0.0466. The summed E-state index contributed by atoms with van der Waals surface area (Å²) in [5.41, 5.74) is 11.0. The molecule has 0 saturated carbocycles. The molecule has 19 heteroatoms. The number of carboxylic acid groups (broad SMARTS) is 1. The van der Waals surface area contributed by atoms with Crippen LogP contribution in [0.3, 0.4) is 0 Å². The molecule has 0 spiro atoms. The molecular weight excluding hydrogens is 737 g/mol. The number of phenols is 2. The fraction of sp³-hybridized carbons (Fsp3) is 0.333. The lowest BCUT2D eigenvalue weighted by Crippen LogP contribution is -2.82. The lowest BCUT2D eigenvalue weighted by molar-refractivity contribution is -0.843. The number of anilines is 1. The maximum absolute atomic E-state index is 15.3. The minimum Gasteiger partial charge on any atom is -0.508 e. The van der Waals surface area contributed by atoms with Gasteiger partial charge >= 0.3 is 17.8 Å². The highest BCUT2D eigenvalue weighted by Gasteiger charge is 2.80. The molecule has 1 fully saturated rings. The standard InChI is InChI=1S/C33H32N6O10S3/c1-4-38-19-11-21(42)22(49-14(2)40)10-18(19)26(43)33(31(35)48,25(38)23(27(34)44)15-5-7-16(41)8-6-15)24-28(45)39(3)20(30(46)47)9-17(52-29(24)39)12-50-32-37-36-13-51-32/h5-11,13,17,23-25,29H,4,12H2,1-3H3,(H6-,34,35,41,42,43,44,46,47,48)/p+1/t17?,23?,24-,25?,29-,33?,39?/m0/s1. The zero-order valence-electron chi connectivity index (χ0n) is 27.8. The molecule has 6 rings (SSSR count). The number of fused-ring (bicyclic) bond motifs is 2. The first-order chi connectivity index (χ1) is 24.6. The van der Waals surface area contributed by atoms with Crippen molar-refractivity contribution < 1.29 is 53.3 Å². The number of carbonyl (C=O) groups excluding carboxylic acids is 5. The van der Waals surface area contributed by atoms with Gasteiger partial charge in [0.2, 0.25) is 17.5 Å². The molecule has 3 amide bonds. The van der Waals surface area contributed by atoms with Crippen molar-refractivity contribution in [1.29, 1.82) is 0 Å². The Hall–Kier alpha value is -4.98. The van der Waals surface area contributed by atoms with Crippen molar-refractivity contribution in [3.05, 3.63) is 64.8 Å². The van der Waals surface area contributed by atoms with Gasteiger partial charge in [-0.15, -0.1) is 10.2 Å². The molecule has 3 aromatic rings. The van der Waals surface area contributed by atoms with E-state index in [-0.39, 0.29) is 34.8 Å². The van der Waals surface area contributed by atoms with Gasteiger partial charge in [0, 0.05) is 36.1 Å². The number of rotatable bonds is 11. The number of hydrogen-bond acceptors (Lipinski definition) is 15. The van der Waals surface area contributed by atoms with Crippen LogP contribution in [-0.4, -0.2) is 101 Å². The van der Waals surface area contributed by atoms with Gasteiger partial charge in [-0.3, -0.25) is 19.2 Å². The van der Waals surface area contributed by atoms with Gasteiger partial charge in [0.15, 0.2) is 38.3 Å². The van der Waals surface area contributed by atoms with Crippen LogP contribution < -0.4 is 21.1 Å². The van der Waals surface area contributed by atoms with E-state index in [4.69, 9.17) is 16.2 Å². The van der Waals surface area contributed by atoms with Gasteiger partial charge < -0.3 is 36.4 Å². The molecule has 4 heterocycles. The van der Waals surface area contributed by atoms with E-state index in [0.717, 1.165) is 19.1 Å². The first-order valence-corrected chi connectivity index (χ1v) is 18.5. The Bertz CT molecular complexity index is 2040. The number of quaternary nitrogens is 1. The van der Waals surface area contributed by atoms with Crippen molar-refractivity contribution in [2.75, 3.05) is 24.2 Å². The lowest BCUT2D eigenvalue weighted by Gasteiger charge is -2.61. The Morgan fingerprint density at radius 1 is 1.13 bits per heavy atom. The topological polar surface area (TPSA) is 253 Å². The Balaban J connectivity index is 1.61. The fourth-order valence-corrected chi connectivity index (χ4v) is 11.0. The van der Waals surface area contributed by atoms with Crippen LogP contribution in [0, 0.1) is 11.3 Å². The summed E-state index contributed by atoms with van der Waals surface area (Å²) in [6.45, 7) is 2.70. The number of aromatic nitrogens is 2. The van der Waals surface area contributed by atoms with Crippen molar-refractivity contribution in [3.63, 3.8) is 0 Å². The number of ketones is 1. The first-order valence-electron chi connectivity index (χ1n) is 15.7. The van der Waals surface area contributed by atoms with Crippen LogP contribution in [-0.2, 0) is 24.0 Å². The smallest absolute Gasteiger partial charge is 0.390 e.